The summed E-state index contributed by atoms with van der Waals surface area (Å²) in [6, 6.07) is 7.40. The molecule has 0 aliphatic rings. The van der Waals surface area contributed by atoms with Crippen molar-refractivity contribution in [3.63, 3.8) is 0 Å². The lowest BCUT2D eigenvalue weighted by Gasteiger charge is -2.05. The van der Waals surface area contributed by atoms with Gasteiger partial charge in [-0.15, -0.1) is 0 Å². The number of rotatable bonds is 3. The number of carbonyl (C=O) groups is 2. The first kappa shape index (κ1) is 12.2. The molecule has 3 nitrogen and oxygen atoms in total. The van der Waals surface area contributed by atoms with E-state index in [1.807, 2.05) is 0 Å². The first-order valence-electron chi connectivity index (χ1n) is 4.25. The molecule has 0 saturated carbocycles. The van der Waals surface area contributed by atoms with Gasteiger partial charge in [0.05, 0.1) is 0 Å². The summed E-state index contributed by atoms with van der Waals surface area (Å²) in [6.45, 7) is 0. The third-order valence-corrected chi connectivity index (χ3v) is 1.54. The predicted octanol–water partition coefficient (Wildman–Crippen LogP) is 2.11. The summed E-state index contributed by atoms with van der Waals surface area (Å²) in [5.74, 6) is -3.09. The zero-order valence-electron chi connectivity index (χ0n) is 7.95. The first-order chi connectivity index (χ1) is 7.38. The van der Waals surface area contributed by atoms with Crippen molar-refractivity contribution in [2.75, 3.05) is 0 Å². The molecule has 0 bridgehead atoms. The fraction of sp³-hybridized carbons (Fsp3) is 0.200. The van der Waals surface area contributed by atoms with E-state index in [9.17, 15) is 22.8 Å². The molecule has 0 heterocycles. The highest BCUT2D eigenvalue weighted by molar-refractivity contribution is 6.34. The lowest BCUT2D eigenvalue weighted by atomic mass is 10.3. The molecule has 0 saturated heterocycles. The molecular formula is C10H7F3O3. The predicted molar refractivity (Wildman–Crippen MR) is 47.8 cm³/mol. The van der Waals surface area contributed by atoms with Gasteiger partial charge in [0.2, 0.25) is 5.78 Å². The highest BCUT2D eigenvalue weighted by Gasteiger charge is 2.34. The van der Waals surface area contributed by atoms with E-state index in [-0.39, 0.29) is 5.75 Å². The summed E-state index contributed by atoms with van der Waals surface area (Å²) in [5, 5.41) is 0. The van der Waals surface area contributed by atoms with Crippen LogP contribution in [0.2, 0.25) is 0 Å². The second-order valence-electron chi connectivity index (χ2n) is 2.92. The molecule has 0 amide bonds. The van der Waals surface area contributed by atoms with Crippen molar-refractivity contribution in [3.8, 4) is 5.75 Å². The number of benzene rings is 1. The van der Waals surface area contributed by atoms with Gasteiger partial charge >= 0.3 is 12.1 Å². The van der Waals surface area contributed by atoms with Crippen molar-refractivity contribution in [2.45, 2.75) is 12.6 Å². The number of Topliss-reactive ketones (excluding diaryl/α,β-unsaturated/α-hetero) is 1. The Morgan fingerprint density at radius 3 is 2.19 bits per heavy atom. The minimum Gasteiger partial charge on any atom is -0.421 e. The third kappa shape index (κ3) is 4.12. The highest BCUT2D eigenvalue weighted by atomic mass is 19.4. The van der Waals surface area contributed by atoms with Crippen molar-refractivity contribution in [2.24, 2.45) is 0 Å². The number of hydrogen-bond donors (Lipinski definition) is 0. The Morgan fingerprint density at radius 2 is 1.69 bits per heavy atom. The number of para-hydroxylation sites is 1. The summed E-state index contributed by atoms with van der Waals surface area (Å²) < 4.78 is 39.8. The van der Waals surface area contributed by atoms with Gasteiger partial charge in [0.1, 0.15) is 12.2 Å². The number of ketones is 1. The molecule has 0 fully saturated rings. The molecule has 1 aromatic rings. The Morgan fingerprint density at radius 1 is 1.12 bits per heavy atom. The molecule has 1 aromatic carbocycles. The van der Waals surface area contributed by atoms with Gasteiger partial charge in [-0.1, -0.05) is 18.2 Å². The second kappa shape index (κ2) is 4.78. The fourth-order valence-electron chi connectivity index (χ4n) is 0.907. The van der Waals surface area contributed by atoms with E-state index in [1.54, 1.807) is 6.07 Å². The van der Waals surface area contributed by atoms with E-state index in [0.29, 0.717) is 0 Å². The van der Waals surface area contributed by atoms with Crippen LogP contribution in [-0.4, -0.2) is 17.9 Å². The van der Waals surface area contributed by atoms with Crippen molar-refractivity contribution in [1.82, 2.24) is 0 Å². The van der Waals surface area contributed by atoms with Crippen LogP contribution in [0, 0.1) is 0 Å². The molecule has 6 heteroatoms. The second-order valence-corrected chi connectivity index (χ2v) is 2.92. The molecular weight excluding hydrogens is 225 g/mol. The van der Waals surface area contributed by atoms with E-state index in [4.69, 9.17) is 0 Å². The van der Waals surface area contributed by atoms with Gasteiger partial charge in [-0.2, -0.15) is 13.2 Å². The Hall–Kier alpha value is -1.85. The molecule has 0 N–H and O–H groups in total. The van der Waals surface area contributed by atoms with Crippen LogP contribution in [0.1, 0.15) is 6.42 Å². The lowest BCUT2D eigenvalue weighted by molar-refractivity contribution is -0.163. The van der Waals surface area contributed by atoms with Gasteiger partial charge in [0.15, 0.2) is 0 Å². The Bertz CT molecular complexity index is 384. The molecule has 16 heavy (non-hydrogen) atoms. The van der Waals surface area contributed by atoms with E-state index < -0.39 is 24.3 Å². The Kier molecular flexibility index (Phi) is 3.65. The lowest BCUT2D eigenvalue weighted by Crippen LogP contribution is -2.26. The number of ether oxygens (including phenoxy) is 1. The molecule has 86 valence electrons. The minimum absolute atomic E-state index is 0.0306. The standard InChI is InChI=1S/C10H7F3O3/c11-10(12,13)6-8(14)9(15)16-7-4-2-1-3-5-7/h1-5H,6H2. The maximum atomic E-state index is 11.8. The smallest absolute Gasteiger partial charge is 0.396 e. The van der Waals surface area contributed by atoms with Gasteiger partial charge in [0, 0.05) is 0 Å². The number of esters is 1. The van der Waals surface area contributed by atoms with Gasteiger partial charge in [-0.3, -0.25) is 4.79 Å². The highest BCUT2D eigenvalue weighted by Crippen LogP contribution is 2.20. The van der Waals surface area contributed by atoms with E-state index >= 15 is 0 Å². The van der Waals surface area contributed by atoms with E-state index in [0.717, 1.165) is 0 Å². The summed E-state index contributed by atoms with van der Waals surface area (Å²) >= 11 is 0. The quantitative estimate of drug-likeness (QED) is 0.455. The minimum atomic E-state index is -4.70. The fourth-order valence-corrected chi connectivity index (χ4v) is 0.907. The summed E-state index contributed by atoms with van der Waals surface area (Å²) in [7, 11) is 0. The SMILES string of the molecule is O=C(CC(F)(F)F)C(=O)Oc1ccccc1. The zero-order chi connectivity index (χ0) is 12.2. The van der Waals surface area contributed by atoms with Crippen LogP contribution in [0.4, 0.5) is 13.2 Å². The van der Waals surface area contributed by atoms with Crippen LogP contribution in [0.15, 0.2) is 30.3 Å². The molecule has 0 aromatic heterocycles. The molecule has 0 spiro atoms. The number of halogens is 3. The zero-order valence-corrected chi connectivity index (χ0v) is 7.95. The number of alkyl halides is 3. The normalized spacial score (nSPS) is 10.9. The van der Waals surface area contributed by atoms with E-state index in [1.165, 1.54) is 24.3 Å². The van der Waals surface area contributed by atoms with Crippen LogP contribution >= 0.6 is 0 Å². The van der Waals surface area contributed by atoms with Crippen molar-refractivity contribution >= 4 is 11.8 Å². The summed E-state index contributed by atoms with van der Waals surface area (Å²) in [6.07, 6.45) is -6.51. The number of carbonyl (C=O) groups excluding carboxylic acids is 2. The van der Waals surface area contributed by atoms with Crippen molar-refractivity contribution in [3.05, 3.63) is 30.3 Å². The van der Waals surface area contributed by atoms with Crippen LogP contribution < -0.4 is 4.74 Å². The maximum Gasteiger partial charge on any atom is 0.396 e. The molecule has 1 rings (SSSR count). The van der Waals surface area contributed by atoms with Gasteiger partial charge in [0.25, 0.3) is 0 Å². The molecule has 0 radical (unpaired) electrons. The van der Waals surface area contributed by atoms with Gasteiger partial charge in [-0.05, 0) is 12.1 Å². The van der Waals surface area contributed by atoms with Crippen LogP contribution in [0.3, 0.4) is 0 Å². The number of hydrogen-bond acceptors (Lipinski definition) is 3. The average molecular weight is 232 g/mol. The van der Waals surface area contributed by atoms with Crippen LogP contribution in [0.25, 0.3) is 0 Å². The van der Waals surface area contributed by atoms with Crippen molar-refractivity contribution < 1.29 is 27.5 Å². The Labute approximate surface area is 88.8 Å². The maximum absolute atomic E-state index is 11.8. The largest absolute Gasteiger partial charge is 0.421 e. The average Bonchev–Trinajstić information content (AvgIpc) is 2.16. The molecule has 0 aliphatic carbocycles. The third-order valence-electron chi connectivity index (χ3n) is 1.54. The van der Waals surface area contributed by atoms with Crippen LogP contribution in [0.5, 0.6) is 5.75 Å². The van der Waals surface area contributed by atoms with Crippen LogP contribution in [-0.2, 0) is 9.59 Å². The molecule has 0 unspecified atom stereocenters. The molecule has 0 atom stereocenters. The molecule has 0 aliphatic heterocycles. The van der Waals surface area contributed by atoms with E-state index in [2.05, 4.69) is 4.74 Å². The summed E-state index contributed by atoms with van der Waals surface area (Å²) in [4.78, 5) is 21.7. The van der Waals surface area contributed by atoms with Gasteiger partial charge in [-0.25, -0.2) is 4.79 Å². The van der Waals surface area contributed by atoms with Crippen molar-refractivity contribution in [1.29, 1.82) is 0 Å². The summed E-state index contributed by atoms with van der Waals surface area (Å²) in [5.41, 5.74) is 0. The van der Waals surface area contributed by atoms with Gasteiger partial charge < -0.3 is 4.74 Å². The topological polar surface area (TPSA) is 43.4 Å². The first-order valence-corrected chi connectivity index (χ1v) is 4.25. The Balaban J connectivity index is 2.57. The monoisotopic (exact) mass is 232 g/mol.